The Balaban J connectivity index is 1.98. The van der Waals surface area contributed by atoms with Crippen LogP contribution in [0.15, 0.2) is 47.4 Å². The number of nitrogens with zero attached hydrogens (tertiary/aromatic N) is 2. The van der Waals surface area contributed by atoms with E-state index in [2.05, 4.69) is 10.3 Å². The quantitative estimate of drug-likeness (QED) is 0.702. The first-order valence-electron chi connectivity index (χ1n) is 8.10. The first-order chi connectivity index (χ1) is 12.8. The summed E-state index contributed by atoms with van der Waals surface area (Å²) in [5.74, 6) is -1.78. The second-order valence-electron chi connectivity index (χ2n) is 6.08. The number of carboxylic acid groups (broad SMARTS) is 1. The number of rotatable bonds is 5. The molecule has 0 aliphatic carbocycles. The summed E-state index contributed by atoms with van der Waals surface area (Å²) in [6.45, 7) is 1.45. The lowest BCUT2D eigenvalue weighted by atomic mass is 10.1. The number of aliphatic carboxylic acids is 1. The molecule has 138 valence electrons. The smallest absolute Gasteiger partial charge is 0.323 e. The van der Waals surface area contributed by atoms with E-state index in [0.29, 0.717) is 10.4 Å². The first kappa shape index (κ1) is 18.6. The van der Waals surface area contributed by atoms with Crippen molar-refractivity contribution in [2.24, 2.45) is 0 Å². The fourth-order valence-electron chi connectivity index (χ4n) is 2.70. The number of carbonyl (C=O) groups excluding carboxylic acids is 1. The van der Waals surface area contributed by atoms with E-state index in [1.165, 1.54) is 6.07 Å². The Bertz CT molecular complexity index is 1090. The number of aryl methyl sites for hydroxylation is 1. The van der Waals surface area contributed by atoms with E-state index >= 15 is 0 Å². The fourth-order valence-corrected chi connectivity index (χ4v) is 2.83. The molecular weight excluding hydrogens is 370 g/mol. The highest BCUT2D eigenvalue weighted by Gasteiger charge is 2.18. The zero-order chi connectivity index (χ0) is 19.6. The molecule has 27 heavy (non-hydrogen) atoms. The van der Waals surface area contributed by atoms with Crippen LogP contribution in [0.25, 0.3) is 11.0 Å². The van der Waals surface area contributed by atoms with Crippen LogP contribution in [-0.4, -0.2) is 26.5 Å². The van der Waals surface area contributed by atoms with Gasteiger partial charge < -0.3 is 10.4 Å². The summed E-state index contributed by atoms with van der Waals surface area (Å²) in [6.07, 6.45) is 1.54. The maximum absolute atomic E-state index is 12.7. The number of carboxylic acids is 1. The van der Waals surface area contributed by atoms with E-state index < -0.39 is 24.0 Å². The van der Waals surface area contributed by atoms with Crippen molar-refractivity contribution in [2.75, 3.05) is 0 Å². The van der Waals surface area contributed by atoms with Gasteiger partial charge in [-0.05, 0) is 42.3 Å². The Hall–Kier alpha value is -3.19. The van der Waals surface area contributed by atoms with E-state index in [4.69, 9.17) is 16.7 Å². The van der Waals surface area contributed by atoms with Crippen LogP contribution in [0.4, 0.5) is 0 Å². The number of hydrogen-bond acceptors (Lipinski definition) is 4. The zero-order valence-corrected chi connectivity index (χ0v) is 15.2. The predicted octanol–water partition coefficient (Wildman–Crippen LogP) is 2.37. The normalized spacial score (nSPS) is 10.7. The number of pyridine rings is 2. The van der Waals surface area contributed by atoms with Gasteiger partial charge in [0.15, 0.2) is 0 Å². The Morgan fingerprint density at radius 1 is 1.22 bits per heavy atom. The molecular formula is C19H16ClN3O4. The largest absolute Gasteiger partial charge is 0.480 e. The lowest BCUT2D eigenvalue weighted by Gasteiger charge is -2.11. The monoisotopic (exact) mass is 385 g/mol. The summed E-state index contributed by atoms with van der Waals surface area (Å²) in [5, 5.41) is 12.9. The second-order valence-corrected chi connectivity index (χ2v) is 6.51. The molecule has 0 aliphatic rings. The van der Waals surface area contributed by atoms with Gasteiger partial charge in [0, 0.05) is 23.2 Å². The van der Waals surface area contributed by atoms with Gasteiger partial charge in [0.1, 0.15) is 17.8 Å². The first-order valence-corrected chi connectivity index (χ1v) is 8.47. The third kappa shape index (κ3) is 4.15. The Kier molecular flexibility index (Phi) is 5.23. The second kappa shape index (κ2) is 7.59. The third-order valence-electron chi connectivity index (χ3n) is 3.97. The van der Waals surface area contributed by atoms with Gasteiger partial charge >= 0.3 is 5.97 Å². The molecule has 1 amide bonds. The maximum atomic E-state index is 12.7. The van der Waals surface area contributed by atoms with Crippen molar-refractivity contribution >= 4 is 34.5 Å². The minimum absolute atomic E-state index is 0.134. The molecule has 1 aromatic carbocycles. The van der Waals surface area contributed by atoms with Gasteiger partial charge in [0.2, 0.25) is 0 Å². The summed E-state index contributed by atoms with van der Waals surface area (Å²) in [4.78, 5) is 40.5. The topological polar surface area (TPSA) is 101 Å². The molecule has 8 heteroatoms. The molecule has 0 fully saturated rings. The fraction of sp³-hybridized carbons (Fsp3) is 0.158. The Labute approximate surface area is 159 Å². The minimum Gasteiger partial charge on any atom is -0.480 e. The summed E-state index contributed by atoms with van der Waals surface area (Å²) >= 11 is 5.83. The van der Waals surface area contributed by atoms with E-state index in [-0.39, 0.29) is 17.8 Å². The van der Waals surface area contributed by atoms with Crippen LogP contribution in [0.3, 0.4) is 0 Å². The number of aromatic nitrogens is 2. The maximum Gasteiger partial charge on any atom is 0.323 e. The number of fused-ring (bicyclic) bond motifs is 1. The highest BCUT2D eigenvalue weighted by molar-refractivity contribution is 6.30. The van der Waals surface area contributed by atoms with Crippen LogP contribution in [0, 0.1) is 6.92 Å². The lowest BCUT2D eigenvalue weighted by molar-refractivity contribution is -0.137. The molecule has 0 spiro atoms. The van der Waals surface area contributed by atoms with Gasteiger partial charge in [-0.3, -0.25) is 19.0 Å². The molecule has 0 bridgehead atoms. The molecule has 2 N–H and O–H groups in total. The SMILES string of the molecule is Cc1cnc2c(c1)cc(C(=O)NCc1ccc(Cl)cc1)c(=O)n2CC(=O)O. The van der Waals surface area contributed by atoms with Crippen molar-refractivity contribution in [3.05, 3.63) is 74.7 Å². The molecule has 0 aliphatic heterocycles. The summed E-state index contributed by atoms with van der Waals surface area (Å²) in [6, 6.07) is 10.1. The molecule has 0 unspecified atom stereocenters. The number of carbonyl (C=O) groups is 2. The lowest BCUT2D eigenvalue weighted by Crippen LogP contribution is -2.34. The molecule has 7 nitrogen and oxygen atoms in total. The number of nitrogens with one attached hydrogen (secondary N) is 1. The molecule has 0 radical (unpaired) electrons. The third-order valence-corrected chi connectivity index (χ3v) is 4.22. The van der Waals surface area contributed by atoms with Crippen molar-refractivity contribution in [1.82, 2.24) is 14.9 Å². The van der Waals surface area contributed by atoms with E-state index in [1.807, 2.05) is 6.92 Å². The van der Waals surface area contributed by atoms with Crippen molar-refractivity contribution in [2.45, 2.75) is 20.0 Å². The van der Waals surface area contributed by atoms with Crippen LogP contribution >= 0.6 is 11.6 Å². The molecule has 3 rings (SSSR count). The molecule has 0 saturated heterocycles. The van der Waals surface area contributed by atoms with Gasteiger partial charge in [-0.15, -0.1) is 0 Å². The summed E-state index contributed by atoms with van der Waals surface area (Å²) in [5.41, 5.74) is 1.04. The highest BCUT2D eigenvalue weighted by atomic mass is 35.5. The van der Waals surface area contributed by atoms with Crippen LogP contribution in [0.1, 0.15) is 21.5 Å². The van der Waals surface area contributed by atoms with Crippen LogP contribution in [0.2, 0.25) is 5.02 Å². The van der Waals surface area contributed by atoms with Gasteiger partial charge in [-0.25, -0.2) is 4.98 Å². The van der Waals surface area contributed by atoms with Crippen molar-refractivity contribution in [3.63, 3.8) is 0 Å². The number of halogens is 1. The zero-order valence-electron chi connectivity index (χ0n) is 14.4. The minimum atomic E-state index is -1.19. The standard InChI is InChI=1S/C19H16ClN3O4/c1-11-6-13-7-15(18(26)22-9-12-2-4-14(20)5-3-12)19(27)23(10-16(24)25)17(13)21-8-11/h2-8H,9-10H2,1H3,(H,22,26)(H,24,25). The Morgan fingerprint density at radius 2 is 1.93 bits per heavy atom. The average Bonchev–Trinajstić information content (AvgIpc) is 2.62. The van der Waals surface area contributed by atoms with E-state index in [0.717, 1.165) is 15.7 Å². The molecule has 2 aromatic heterocycles. The number of amides is 1. The van der Waals surface area contributed by atoms with Crippen molar-refractivity contribution in [1.29, 1.82) is 0 Å². The molecule has 2 heterocycles. The van der Waals surface area contributed by atoms with Crippen molar-refractivity contribution in [3.8, 4) is 0 Å². The summed E-state index contributed by atoms with van der Waals surface area (Å²) in [7, 11) is 0. The van der Waals surface area contributed by atoms with Crippen LogP contribution in [0.5, 0.6) is 0 Å². The van der Waals surface area contributed by atoms with Gasteiger partial charge in [-0.1, -0.05) is 23.7 Å². The predicted molar refractivity (Wildman–Crippen MR) is 101 cm³/mol. The summed E-state index contributed by atoms with van der Waals surface area (Å²) < 4.78 is 0.994. The Morgan fingerprint density at radius 3 is 2.59 bits per heavy atom. The molecule has 3 aromatic rings. The van der Waals surface area contributed by atoms with Gasteiger partial charge in [0.05, 0.1) is 0 Å². The number of benzene rings is 1. The van der Waals surface area contributed by atoms with Gasteiger partial charge in [-0.2, -0.15) is 0 Å². The average molecular weight is 386 g/mol. The van der Waals surface area contributed by atoms with Crippen LogP contribution < -0.4 is 10.9 Å². The number of hydrogen-bond donors (Lipinski definition) is 2. The van der Waals surface area contributed by atoms with E-state index in [9.17, 15) is 14.4 Å². The van der Waals surface area contributed by atoms with Gasteiger partial charge in [0.25, 0.3) is 11.5 Å². The van der Waals surface area contributed by atoms with Crippen LogP contribution in [-0.2, 0) is 17.9 Å². The highest BCUT2D eigenvalue weighted by Crippen LogP contribution is 2.14. The van der Waals surface area contributed by atoms with E-state index in [1.54, 1.807) is 36.5 Å². The molecule has 0 saturated carbocycles. The van der Waals surface area contributed by atoms with Crippen molar-refractivity contribution < 1.29 is 14.7 Å². The molecule has 0 atom stereocenters.